The number of ether oxygens (including phenoxy) is 1. The third-order valence-corrected chi connectivity index (χ3v) is 4.77. The topological polar surface area (TPSA) is 61.9 Å². The highest BCUT2D eigenvalue weighted by Crippen LogP contribution is 2.25. The largest absolute Gasteiger partial charge is 0.495 e. The summed E-state index contributed by atoms with van der Waals surface area (Å²) in [6, 6.07) is 11.8. The van der Waals surface area contributed by atoms with Crippen molar-refractivity contribution in [1.29, 1.82) is 0 Å². The number of carbonyl (C=O) groups is 2. The van der Waals surface area contributed by atoms with Gasteiger partial charge in [0.25, 0.3) is 0 Å². The quantitative estimate of drug-likeness (QED) is 0.804. The lowest BCUT2D eigenvalue weighted by molar-refractivity contribution is -0.134. The SMILES string of the molecule is COc1ccc(C)cc1NC(=O)CC(=O)N1CCN(c2ccc(F)cc2)CC1. The summed E-state index contributed by atoms with van der Waals surface area (Å²) < 4.78 is 18.3. The number of anilines is 2. The van der Waals surface area contributed by atoms with Crippen LogP contribution in [0.5, 0.6) is 5.75 Å². The summed E-state index contributed by atoms with van der Waals surface area (Å²) in [5, 5.41) is 2.75. The van der Waals surface area contributed by atoms with E-state index in [1.165, 1.54) is 19.2 Å². The van der Waals surface area contributed by atoms with Gasteiger partial charge in [0, 0.05) is 31.9 Å². The van der Waals surface area contributed by atoms with Gasteiger partial charge < -0.3 is 19.9 Å². The van der Waals surface area contributed by atoms with Gasteiger partial charge in [0.15, 0.2) is 0 Å². The molecule has 1 aliphatic heterocycles. The molecule has 1 heterocycles. The molecule has 28 heavy (non-hydrogen) atoms. The number of nitrogens with one attached hydrogen (secondary N) is 1. The number of amides is 2. The predicted molar refractivity (Wildman–Crippen MR) is 106 cm³/mol. The molecule has 0 aromatic heterocycles. The molecule has 1 fully saturated rings. The van der Waals surface area contributed by atoms with Crippen LogP contribution in [-0.4, -0.2) is 50.0 Å². The second-order valence-electron chi connectivity index (χ2n) is 6.77. The molecule has 0 unspecified atom stereocenters. The number of aryl methyl sites for hydroxylation is 1. The molecule has 148 valence electrons. The minimum absolute atomic E-state index is 0.206. The summed E-state index contributed by atoms with van der Waals surface area (Å²) >= 11 is 0. The van der Waals surface area contributed by atoms with Crippen LogP contribution in [0.15, 0.2) is 42.5 Å². The molecule has 6 nitrogen and oxygen atoms in total. The Hall–Kier alpha value is -3.09. The maximum atomic E-state index is 13.1. The van der Waals surface area contributed by atoms with Gasteiger partial charge in [0.05, 0.1) is 12.8 Å². The first kappa shape index (κ1) is 19.7. The van der Waals surface area contributed by atoms with Gasteiger partial charge in [0.2, 0.25) is 11.8 Å². The number of rotatable bonds is 5. The average molecular weight is 385 g/mol. The zero-order chi connectivity index (χ0) is 20.1. The first-order chi connectivity index (χ1) is 13.5. The van der Waals surface area contributed by atoms with Crippen LogP contribution >= 0.6 is 0 Å². The van der Waals surface area contributed by atoms with Crippen LogP contribution in [0.4, 0.5) is 15.8 Å². The van der Waals surface area contributed by atoms with Crippen molar-refractivity contribution in [3.05, 3.63) is 53.8 Å². The fraction of sp³-hybridized carbons (Fsp3) is 0.333. The number of methoxy groups -OCH3 is 1. The molecule has 1 N–H and O–H groups in total. The van der Waals surface area contributed by atoms with Crippen LogP contribution in [0, 0.1) is 12.7 Å². The van der Waals surface area contributed by atoms with Crippen LogP contribution in [0.3, 0.4) is 0 Å². The number of piperazine rings is 1. The molecule has 2 amide bonds. The Balaban J connectivity index is 1.52. The molecule has 2 aromatic carbocycles. The summed E-state index contributed by atoms with van der Waals surface area (Å²) in [5.41, 5.74) is 2.47. The van der Waals surface area contributed by atoms with E-state index in [0.717, 1.165) is 11.3 Å². The number of carbonyl (C=O) groups excluding carboxylic acids is 2. The van der Waals surface area contributed by atoms with E-state index in [1.54, 1.807) is 23.1 Å². The fourth-order valence-electron chi connectivity index (χ4n) is 3.23. The average Bonchev–Trinajstić information content (AvgIpc) is 2.69. The van der Waals surface area contributed by atoms with Gasteiger partial charge in [-0.25, -0.2) is 4.39 Å². The fourth-order valence-corrected chi connectivity index (χ4v) is 3.23. The van der Waals surface area contributed by atoms with Crippen molar-refractivity contribution >= 4 is 23.2 Å². The number of nitrogens with zero attached hydrogens (tertiary/aromatic N) is 2. The van der Waals surface area contributed by atoms with E-state index in [2.05, 4.69) is 10.2 Å². The molecule has 2 aromatic rings. The van der Waals surface area contributed by atoms with E-state index in [0.29, 0.717) is 37.6 Å². The molecule has 7 heteroatoms. The zero-order valence-corrected chi connectivity index (χ0v) is 16.1. The number of hydrogen-bond donors (Lipinski definition) is 1. The second-order valence-corrected chi connectivity index (χ2v) is 6.77. The Morgan fingerprint density at radius 3 is 2.39 bits per heavy atom. The lowest BCUT2D eigenvalue weighted by Gasteiger charge is -2.36. The van der Waals surface area contributed by atoms with Crippen molar-refractivity contribution in [2.45, 2.75) is 13.3 Å². The molecular weight excluding hydrogens is 361 g/mol. The minimum atomic E-state index is -0.366. The van der Waals surface area contributed by atoms with Crippen LogP contribution in [0.1, 0.15) is 12.0 Å². The first-order valence-corrected chi connectivity index (χ1v) is 9.19. The van der Waals surface area contributed by atoms with Crippen LogP contribution in [-0.2, 0) is 9.59 Å². The molecule has 0 saturated carbocycles. The van der Waals surface area contributed by atoms with E-state index in [1.807, 2.05) is 19.1 Å². The molecule has 3 rings (SSSR count). The van der Waals surface area contributed by atoms with Gasteiger partial charge >= 0.3 is 0 Å². The van der Waals surface area contributed by atoms with E-state index >= 15 is 0 Å². The van der Waals surface area contributed by atoms with Crippen molar-refractivity contribution in [2.24, 2.45) is 0 Å². The van der Waals surface area contributed by atoms with Gasteiger partial charge in [-0.05, 0) is 48.9 Å². The molecule has 1 aliphatic rings. The van der Waals surface area contributed by atoms with E-state index in [4.69, 9.17) is 4.74 Å². The van der Waals surface area contributed by atoms with Gasteiger partial charge in [-0.1, -0.05) is 6.07 Å². The molecule has 0 bridgehead atoms. The maximum Gasteiger partial charge on any atom is 0.233 e. The third-order valence-electron chi connectivity index (χ3n) is 4.77. The van der Waals surface area contributed by atoms with E-state index < -0.39 is 0 Å². The van der Waals surface area contributed by atoms with Gasteiger partial charge in [-0.15, -0.1) is 0 Å². The first-order valence-electron chi connectivity index (χ1n) is 9.19. The molecule has 1 saturated heterocycles. The Bertz CT molecular complexity index is 846. The highest BCUT2D eigenvalue weighted by molar-refractivity contribution is 6.04. The lowest BCUT2D eigenvalue weighted by atomic mass is 10.2. The standard InChI is InChI=1S/C21H24FN3O3/c1-15-3-8-19(28-2)18(13-15)23-20(26)14-21(27)25-11-9-24(10-12-25)17-6-4-16(22)5-7-17/h3-8,13H,9-12,14H2,1-2H3,(H,23,26). The van der Waals surface area contributed by atoms with E-state index in [-0.39, 0.29) is 24.1 Å². The molecule has 0 radical (unpaired) electrons. The number of benzene rings is 2. The summed E-state index contributed by atoms with van der Waals surface area (Å²) in [4.78, 5) is 28.6. The maximum absolute atomic E-state index is 13.1. The highest BCUT2D eigenvalue weighted by Gasteiger charge is 2.23. The Kier molecular flexibility index (Phi) is 6.13. The van der Waals surface area contributed by atoms with Gasteiger partial charge in [-0.3, -0.25) is 9.59 Å². The Morgan fingerprint density at radius 1 is 1.07 bits per heavy atom. The summed E-state index contributed by atoms with van der Waals surface area (Å²) in [5.74, 6) is -0.286. The van der Waals surface area contributed by atoms with Crippen LogP contribution < -0.4 is 15.0 Å². The smallest absolute Gasteiger partial charge is 0.233 e. The van der Waals surface area contributed by atoms with Gasteiger partial charge in [0.1, 0.15) is 18.0 Å². The third kappa shape index (κ3) is 4.79. The van der Waals surface area contributed by atoms with Crippen molar-refractivity contribution in [2.75, 3.05) is 43.5 Å². The van der Waals surface area contributed by atoms with Crippen molar-refractivity contribution in [3.63, 3.8) is 0 Å². The number of halogens is 1. The van der Waals surface area contributed by atoms with Crippen molar-refractivity contribution < 1.29 is 18.7 Å². The second kappa shape index (κ2) is 8.73. The van der Waals surface area contributed by atoms with Crippen molar-refractivity contribution in [3.8, 4) is 5.75 Å². The van der Waals surface area contributed by atoms with E-state index in [9.17, 15) is 14.0 Å². The summed E-state index contributed by atoms with van der Waals surface area (Å²) in [6.07, 6.45) is -0.215. The van der Waals surface area contributed by atoms with Crippen molar-refractivity contribution in [1.82, 2.24) is 4.90 Å². The summed E-state index contributed by atoms with van der Waals surface area (Å²) in [6.45, 7) is 4.25. The highest BCUT2D eigenvalue weighted by atomic mass is 19.1. The van der Waals surface area contributed by atoms with Crippen LogP contribution in [0.25, 0.3) is 0 Å². The Labute approximate surface area is 163 Å². The lowest BCUT2D eigenvalue weighted by Crippen LogP contribution is -2.49. The minimum Gasteiger partial charge on any atom is -0.495 e. The summed E-state index contributed by atoms with van der Waals surface area (Å²) in [7, 11) is 1.53. The zero-order valence-electron chi connectivity index (χ0n) is 16.1. The molecule has 0 aliphatic carbocycles. The van der Waals surface area contributed by atoms with Gasteiger partial charge in [-0.2, -0.15) is 0 Å². The normalized spacial score (nSPS) is 14.0. The number of hydrogen-bond acceptors (Lipinski definition) is 4. The Morgan fingerprint density at radius 2 is 1.75 bits per heavy atom. The molecular formula is C21H24FN3O3. The molecule has 0 spiro atoms. The molecule has 0 atom stereocenters. The van der Waals surface area contributed by atoms with Crippen LogP contribution in [0.2, 0.25) is 0 Å². The predicted octanol–water partition coefficient (Wildman–Crippen LogP) is 2.82. The monoisotopic (exact) mass is 385 g/mol.